The van der Waals surface area contributed by atoms with Crippen LogP contribution in [-0.4, -0.2) is 31.2 Å². The summed E-state index contributed by atoms with van der Waals surface area (Å²) in [6.07, 6.45) is 6.75. The summed E-state index contributed by atoms with van der Waals surface area (Å²) in [6, 6.07) is 28.1. The lowest BCUT2D eigenvalue weighted by Gasteiger charge is -2.01. The molecule has 0 unspecified atom stereocenters. The second-order valence-corrected chi connectivity index (χ2v) is 18.3. The maximum atomic E-state index is 11.9. The van der Waals surface area contributed by atoms with Crippen molar-refractivity contribution >= 4 is 124 Å². The van der Waals surface area contributed by atoms with E-state index in [1.54, 1.807) is 89.1 Å². The molecular weight excluding hydrogens is 952 g/mol. The van der Waals surface area contributed by atoms with Crippen LogP contribution in [0.2, 0.25) is 0 Å². The van der Waals surface area contributed by atoms with Crippen LogP contribution in [0, 0.1) is 0 Å². The molecule has 0 heterocycles. The Morgan fingerprint density at radius 3 is 1.00 bits per heavy atom. The van der Waals surface area contributed by atoms with Crippen LogP contribution >= 0.6 is 63.7 Å². The first kappa shape index (κ1) is 40.5. The summed E-state index contributed by atoms with van der Waals surface area (Å²) in [6.45, 7) is 0. The number of rotatable bonds is 11. The van der Waals surface area contributed by atoms with E-state index in [0.29, 0.717) is 16.7 Å². The summed E-state index contributed by atoms with van der Waals surface area (Å²) >= 11 is 13.2. The Labute approximate surface area is 319 Å². The molecule has 0 fully saturated rings. The van der Waals surface area contributed by atoms with Crippen LogP contribution in [0.1, 0.15) is 22.3 Å². The van der Waals surface area contributed by atoms with Crippen LogP contribution in [0.15, 0.2) is 137 Å². The maximum Gasteiger partial charge on any atom is 0.257 e. The highest BCUT2D eigenvalue weighted by Crippen LogP contribution is 2.15. The zero-order valence-electron chi connectivity index (χ0n) is 25.0. The highest BCUT2D eigenvalue weighted by Gasteiger charge is 2.15. The Morgan fingerprint density at radius 2 is 0.694 bits per heavy atom. The molecule has 16 heteroatoms. The quantitative estimate of drug-likeness (QED) is 0.144. The monoisotopic (exact) mass is 974 g/mol. The van der Waals surface area contributed by atoms with Crippen LogP contribution in [0.25, 0.3) is 24.3 Å². The third-order valence-electron chi connectivity index (χ3n) is 5.70. The molecule has 0 radical (unpaired) electrons. The van der Waals surface area contributed by atoms with E-state index in [-0.39, 0.29) is 0 Å². The largest absolute Gasteiger partial charge is 0.269 e. The summed E-state index contributed by atoms with van der Waals surface area (Å²) in [5.41, 5.74) is 2.74. The van der Waals surface area contributed by atoms with E-state index in [1.165, 1.54) is 30.4 Å². The molecule has 0 bridgehead atoms. The van der Waals surface area contributed by atoms with Gasteiger partial charge in [0.15, 0.2) is 0 Å². The summed E-state index contributed by atoms with van der Waals surface area (Å²) in [4.78, 5) is 11.7. The molecule has 0 aliphatic rings. The molecule has 0 saturated heterocycles. The number of halogens is 4. The van der Waals surface area contributed by atoms with Crippen molar-refractivity contribution in [2.24, 2.45) is 0 Å². The second-order valence-electron chi connectivity index (χ2n) is 9.63. The number of amides is 1. The first-order valence-corrected chi connectivity index (χ1v) is 21.4. The number of sulfonamides is 3. The molecule has 4 aromatic rings. The molecule has 0 spiro atoms. The van der Waals surface area contributed by atoms with Crippen LogP contribution in [-0.2, 0) is 34.9 Å². The van der Waals surface area contributed by atoms with Crippen LogP contribution in [0.3, 0.4) is 0 Å². The van der Waals surface area contributed by atoms with Gasteiger partial charge in [0, 0.05) is 34.8 Å². The number of hydrogen-bond donors (Lipinski definition) is 2. The predicted molar refractivity (Wildman–Crippen MR) is 211 cm³/mol. The van der Waals surface area contributed by atoms with Crippen molar-refractivity contribution < 1.29 is 30.0 Å². The molecule has 49 heavy (non-hydrogen) atoms. The Balaban J connectivity index is 0.000000266. The Kier molecular flexibility index (Phi) is 15.6. The van der Waals surface area contributed by atoms with E-state index in [1.807, 2.05) is 16.9 Å². The minimum absolute atomic E-state index is 0.622. The summed E-state index contributed by atoms with van der Waals surface area (Å²) in [7, 11) is -12.1. The van der Waals surface area contributed by atoms with E-state index in [4.69, 9.17) is 0 Å². The van der Waals surface area contributed by atoms with Gasteiger partial charge in [-0.25, -0.2) is 30.0 Å². The zero-order chi connectivity index (χ0) is 36.1. The number of nitrogens with one attached hydrogen (secondary N) is 2. The number of carbonyl (C=O) groups excluding carboxylic acids is 1. The summed E-state index contributed by atoms with van der Waals surface area (Å²) in [5.74, 6) is -0.710. The van der Waals surface area contributed by atoms with Gasteiger partial charge >= 0.3 is 0 Å². The van der Waals surface area contributed by atoms with Crippen molar-refractivity contribution in [1.82, 2.24) is 8.85 Å². The van der Waals surface area contributed by atoms with Gasteiger partial charge in [0.2, 0.25) is 20.0 Å². The lowest BCUT2D eigenvalue weighted by Crippen LogP contribution is -2.26. The lowest BCUT2D eigenvalue weighted by molar-refractivity contribution is -0.114. The minimum Gasteiger partial charge on any atom is -0.269 e. The highest BCUT2D eigenvalue weighted by molar-refractivity contribution is 9.11. The van der Waals surface area contributed by atoms with Gasteiger partial charge in [-0.05, 0) is 95.1 Å². The van der Waals surface area contributed by atoms with Gasteiger partial charge in [0.1, 0.15) is 0 Å². The molecule has 0 atom stereocenters. The van der Waals surface area contributed by atoms with Gasteiger partial charge < -0.3 is 0 Å². The van der Waals surface area contributed by atoms with Crippen LogP contribution < -0.4 is 8.85 Å². The fourth-order valence-electron chi connectivity index (χ4n) is 3.40. The van der Waals surface area contributed by atoms with Gasteiger partial charge in [-0.15, -0.1) is 4.13 Å². The predicted octanol–water partition coefficient (Wildman–Crippen LogP) is 8.44. The molecule has 9 nitrogen and oxygen atoms in total. The molecule has 1 amide bonds. The van der Waals surface area contributed by atoms with Crippen molar-refractivity contribution in [3.8, 4) is 0 Å². The van der Waals surface area contributed by atoms with Crippen molar-refractivity contribution in [3.63, 3.8) is 0 Å². The van der Waals surface area contributed by atoms with Gasteiger partial charge in [0.05, 0.1) is 5.41 Å². The average Bonchev–Trinajstić information content (AvgIpc) is 3.03. The molecule has 4 rings (SSSR count). The van der Waals surface area contributed by atoms with Crippen molar-refractivity contribution in [1.29, 1.82) is 0 Å². The Bertz CT molecular complexity index is 2100. The SMILES string of the molecule is O=C(/C=C/c1ccc(Br)cc1)NS(=O)(=O)/C=C/c1ccc(Br)cc1.O=S(=O)(/C=C\c1ccc(Br)cc1)NS(=O)(=O)/C=C/c1ccc(Br)cc1. The summed E-state index contributed by atoms with van der Waals surface area (Å²) in [5, 5.41) is 2.57. The molecule has 0 aromatic heterocycles. The molecule has 4 aromatic carbocycles. The maximum absolute atomic E-state index is 11.9. The highest BCUT2D eigenvalue weighted by atomic mass is 79.9. The second kappa shape index (κ2) is 18.9. The third-order valence-corrected chi connectivity index (χ3v) is 11.6. The Morgan fingerprint density at radius 1 is 0.429 bits per heavy atom. The normalized spacial score (nSPS) is 12.4. The standard InChI is InChI=1S/C17H13Br2NO3S.C16H13Br2NO4S2/c18-15-6-1-13(2-7-15)5-10-17(21)20-24(22,23)12-11-14-3-8-16(19)9-4-14;17-15-5-1-13(2-6-15)9-11-24(20,21)19-25(22,23)12-10-14-3-7-16(18)8-4-14/h1-12H,(H,20,21);1-12,19H/b10-5+,12-11+;11-9-,12-10+. The number of carbonyl (C=O) groups is 1. The third kappa shape index (κ3) is 16.5. The van der Waals surface area contributed by atoms with Crippen molar-refractivity contribution in [2.45, 2.75) is 0 Å². The van der Waals surface area contributed by atoms with Gasteiger partial charge in [-0.3, -0.25) is 4.79 Å². The lowest BCUT2D eigenvalue weighted by atomic mass is 10.2. The van der Waals surface area contributed by atoms with Crippen LogP contribution in [0.4, 0.5) is 0 Å². The Hall–Kier alpha value is -2.96. The van der Waals surface area contributed by atoms with E-state index >= 15 is 0 Å². The van der Waals surface area contributed by atoms with Crippen molar-refractivity contribution in [2.75, 3.05) is 0 Å². The smallest absolute Gasteiger partial charge is 0.257 e. The number of hydrogen-bond acceptors (Lipinski definition) is 7. The van der Waals surface area contributed by atoms with E-state index in [2.05, 4.69) is 63.7 Å². The molecule has 0 aliphatic heterocycles. The zero-order valence-corrected chi connectivity index (χ0v) is 33.7. The molecule has 2 N–H and O–H groups in total. The van der Waals surface area contributed by atoms with Crippen LogP contribution in [0.5, 0.6) is 0 Å². The molecular formula is C33H26Br4N2O7S3. The fraction of sp³-hybridized carbons (Fsp3) is 0. The molecule has 0 saturated carbocycles. The topological polar surface area (TPSA) is 144 Å². The van der Waals surface area contributed by atoms with Gasteiger partial charge in [0.25, 0.3) is 15.9 Å². The van der Waals surface area contributed by atoms with Gasteiger partial charge in [-0.1, -0.05) is 112 Å². The van der Waals surface area contributed by atoms with Crippen molar-refractivity contribution in [3.05, 3.63) is 160 Å². The van der Waals surface area contributed by atoms with E-state index in [0.717, 1.165) is 39.7 Å². The fourth-order valence-corrected chi connectivity index (χ4v) is 7.62. The first-order valence-electron chi connectivity index (χ1n) is 13.6. The van der Waals surface area contributed by atoms with E-state index < -0.39 is 36.0 Å². The molecule has 256 valence electrons. The average molecular weight is 978 g/mol. The number of benzene rings is 4. The molecule has 0 aliphatic carbocycles. The first-order chi connectivity index (χ1) is 23.0. The van der Waals surface area contributed by atoms with E-state index in [9.17, 15) is 30.0 Å². The van der Waals surface area contributed by atoms with Gasteiger partial charge in [-0.2, -0.15) is 0 Å². The summed E-state index contributed by atoms with van der Waals surface area (Å²) < 4.78 is 78.5. The minimum atomic E-state index is -4.15.